The minimum Gasteiger partial charge on any atom is -0.371 e. The van der Waals surface area contributed by atoms with Crippen molar-refractivity contribution >= 4 is 38.1 Å². The van der Waals surface area contributed by atoms with E-state index in [1.807, 2.05) is 12.1 Å². The Balaban J connectivity index is 1.38. The predicted molar refractivity (Wildman–Crippen MR) is 101 cm³/mol. The summed E-state index contributed by atoms with van der Waals surface area (Å²) in [4.78, 5) is 17.2. The molecule has 1 fully saturated rings. The Morgan fingerprint density at radius 1 is 1.31 bits per heavy atom. The molecule has 1 saturated heterocycles. The number of nitrogens with one attached hydrogen (secondary N) is 1. The van der Waals surface area contributed by atoms with Gasteiger partial charge in [-0.05, 0) is 42.7 Å². The molecule has 1 unspecified atom stereocenters. The number of thiazole rings is 1. The molecule has 2 aromatic carbocycles. The first kappa shape index (κ1) is 16.7. The summed E-state index contributed by atoms with van der Waals surface area (Å²) in [5.41, 5.74) is 1.89. The second kappa shape index (κ2) is 6.87. The van der Waals surface area contributed by atoms with Crippen LogP contribution >= 0.6 is 11.3 Å². The van der Waals surface area contributed by atoms with Crippen molar-refractivity contribution in [2.75, 3.05) is 29.9 Å². The predicted octanol–water partition coefficient (Wildman–Crippen LogP) is 4.28. The van der Waals surface area contributed by atoms with Crippen LogP contribution in [-0.4, -0.2) is 29.5 Å². The summed E-state index contributed by atoms with van der Waals surface area (Å²) in [5, 5.41) is 15.0. The van der Waals surface area contributed by atoms with Gasteiger partial charge in [0.15, 0.2) is 5.13 Å². The molecule has 1 aromatic heterocycles. The number of benzene rings is 2. The van der Waals surface area contributed by atoms with E-state index in [4.69, 9.17) is 0 Å². The number of fused-ring (bicyclic) bond motifs is 1. The number of nitrogens with zero attached hydrogens (tertiary/aromatic N) is 3. The monoisotopic (exact) mass is 372 g/mol. The van der Waals surface area contributed by atoms with E-state index in [0.717, 1.165) is 47.1 Å². The van der Waals surface area contributed by atoms with Crippen LogP contribution < -0.4 is 10.2 Å². The minimum absolute atomic E-state index is 0.0819. The van der Waals surface area contributed by atoms with Crippen LogP contribution in [0.4, 0.5) is 20.9 Å². The van der Waals surface area contributed by atoms with Crippen LogP contribution in [0.25, 0.3) is 10.2 Å². The highest BCUT2D eigenvalue weighted by atomic mass is 32.1. The van der Waals surface area contributed by atoms with Gasteiger partial charge in [0.2, 0.25) is 0 Å². The van der Waals surface area contributed by atoms with Crippen molar-refractivity contribution in [1.29, 1.82) is 0 Å². The van der Waals surface area contributed by atoms with E-state index < -0.39 is 4.92 Å². The maximum atomic E-state index is 13.0. The Bertz CT molecular complexity index is 944. The standard InChI is InChI=1S/C18H17FN4O2S/c19-13-1-3-14(4-2-13)22-8-7-12(11-22)10-20-18-21-16-6-5-15(23(24)25)9-17(16)26-18/h1-6,9,12H,7-8,10-11H2,(H,20,21). The van der Waals surface area contributed by atoms with Crippen molar-refractivity contribution in [1.82, 2.24) is 4.98 Å². The molecule has 0 bridgehead atoms. The third kappa shape index (κ3) is 3.45. The Morgan fingerprint density at radius 3 is 2.88 bits per heavy atom. The van der Waals surface area contributed by atoms with E-state index >= 15 is 0 Å². The van der Waals surface area contributed by atoms with E-state index in [1.54, 1.807) is 12.1 Å². The summed E-state index contributed by atoms with van der Waals surface area (Å²) >= 11 is 1.43. The first-order valence-corrected chi connectivity index (χ1v) is 9.19. The van der Waals surface area contributed by atoms with Gasteiger partial charge in [-0.25, -0.2) is 9.37 Å². The lowest BCUT2D eigenvalue weighted by Crippen LogP contribution is -2.22. The number of rotatable bonds is 5. The van der Waals surface area contributed by atoms with Gasteiger partial charge < -0.3 is 10.2 Å². The van der Waals surface area contributed by atoms with Crippen LogP contribution in [0, 0.1) is 21.8 Å². The molecule has 0 saturated carbocycles. The van der Waals surface area contributed by atoms with Crippen molar-refractivity contribution < 1.29 is 9.31 Å². The van der Waals surface area contributed by atoms with Crippen LogP contribution in [-0.2, 0) is 0 Å². The maximum Gasteiger partial charge on any atom is 0.270 e. The molecule has 3 aromatic rings. The highest BCUT2D eigenvalue weighted by Gasteiger charge is 2.23. The van der Waals surface area contributed by atoms with E-state index in [1.165, 1.54) is 29.5 Å². The van der Waals surface area contributed by atoms with Gasteiger partial charge in [-0.15, -0.1) is 0 Å². The van der Waals surface area contributed by atoms with Crippen molar-refractivity contribution in [3.05, 3.63) is 58.4 Å². The SMILES string of the molecule is O=[N+]([O-])c1ccc2nc(NCC3CCN(c4ccc(F)cc4)C3)sc2c1. The third-order valence-electron chi connectivity index (χ3n) is 4.60. The lowest BCUT2D eigenvalue weighted by molar-refractivity contribution is -0.384. The molecule has 134 valence electrons. The van der Waals surface area contributed by atoms with E-state index in [2.05, 4.69) is 15.2 Å². The van der Waals surface area contributed by atoms with Crippen molar-refractivity contribution in [2.24, 2.45) is 5.92 Å². The lowest BCUT2D eigenvalue weighted by atomic mass is 10.1. The molecule has 1 atom stereocenters. The van der Waals surface area contributed by atoms with Crippen LogP contribution in [0.2, 0.25) is 0 Å². The van der Waals surface area contributed by atoms with Gasteiger partial charge in [0.25, 0.3) is 5.69 Å². The largest absolute Gasteiger partial charge is 0.371 e. The van der Waals surface area contributed by atoms with Crippen molar-refractivity contribution in [3.63, 3.8) is 0 Å². The average molecular weight is 372 g/mol. The number of hydrogen-bond acceptors (Lipinski definition) is 6. The smallest absolute Gasteiger partial charge is 0.270 e. The third-order valence-corrected chi connectivity index (χ3v) is 5.58. The molecular formula is C18H17FN4O2S. The summed E-state index contributed by atoms with van der Waals surface area (Å²) in [7, 11) is 0. The molecule has 1 aliphatic rings. The first-order chi connectivity index (χ1) is 12.6. The number of non-ortho nitro benzene ring substituents is 1. The van der Waals surface area contributed by atoms with Gasteiger partial charge in [0.05, 0.1) is 15.1 Å². The van der Waals surface area contributed by atoms with Crippen molar-refractivity contribution in [2.45, 2.75) is 6.42 Å². The highest BCUT2D eigenvalue weighted by Crippen LogP contribution is 2.30. The number of nitro groups is 1. The molecule has 4 rings (SSSR count). The van der Waals surface area contributed by atoms with Gasteiger partial charge in [-0.3, -0.25) is 10.1 Å². The van der Waals surface area contributed by atoms with Gasteiger partial charge in [-0.2, -0.15) is 0 Å². The number of aromatic nitrogens is 1. The van der Waals surface area contributed by atoms with Crippen LogP contribution in [0.5, 0.6) is 0 Å². The fourth-order valence-corrected chi connectivity index (χ4v) is 4.13. The molecule has 0 spiro atoms. The van der Waals surface area contributed by atoms with Gasteiger partial charge in [0.1, 0.15) is 5.82 Å². The van der Waals surface area contributed by atoms with Crippen LogP contribution in [0.1, 0.15) is 6.42 Å². The lowest BCUT2D eigenvalue weighted by Gasteiger charge is -2.18. The van der Waals surface area contributed by atoms with Crippen LogP contribution in [0.3, 0.4) is 0 Å². The van der Waals surface area contributed by atoms with Crippen molar-refractivity contribution in [3.8, 4) is 0 Å². The zero-order valence-corrected chi connectivity index (χ0v) is 14.7. The highest BCUT2D eigenvalue weighted by molar-refractivity contribution is 7.22. The van der Waals surface area contributed by atoms with E-state index in [9.17, 15) is 14.5 Å². The molecule has 1 N–H and O–H groups in total. The second-order valence-electron chi connectivity index (χ2n) is 6.39. The second-order valence-corrected chi connectivity index (χ2v) is 7.42. The Hall–Kier alpha value is -2.74. The summed E-state index contributed by atoms with van der Waals surface area (Å²) in [6.45, 7) is 2.65. The molecule has 0 amide bonds. The van der Waals surface area contributed by atoms with Crippen LogP contribution in [0.15, 0.2) is 42.5 Å². The quantitative estimate of drug-likeness (QED) is 0.535. The molecular weight excluding hydrogens is 355 g/mol. The molecule has 2 heterocycles. The minimum atomic E-state index is -0.394. The molecule has 6 nitrogen and oxygen atoms in total. The molecule has 0 aliphatic carbocycles. The summed E-state index contributed by atoms with van der Waals surface area (Å²) in [6.07, 6.45) is 1.06. The fourth-order valence-electron chi connectivity index (χ4n) is 3.22. The molecule has 26 heavy (non-hydrogen) atoms. The number of hydrogen-bond donors (Lipinski definition) is 1. The number of nitro benzene ring substituents is 1. The van der Waals surface area contributed by atoms with Gasteiger partial charge >= 0.3 is 0 Å². The molecule has 0 radical (unpaired) electrons. The number of anilines is 2. The maximum absolute atomic E-state index is 13.0. The van der Waals surface area contributed by atoms with E-state index in [0.29, 0.717) is 5.92 Å². The summed E-state index contributed by atoms with van der Waals surface area (Å²) in [5.74, 6) is 0.253. The summed E-state index contributed by atoms with van der Waals surface area (Å²) in [6, 6.07) is 11.3. The Kier molecular flexibility index (Phi) is 4.42. The normalized spacial score (nSPS) is 17.0. The van der Waals surface area contributed by atoms with E-state index in [-0.39, 0.29) is 11.5 Å². The molecule has 1 aliphatic heterocycles. The zero-order chi connectivity index (χ0) is 18.1. The topological polar surface area (TPSA) is 71.3 Å². The first-order valence-electron chi connectivity index (χ1n) is 8.38. The Labute approximate surface area is 153 Å². The molecule has 8 heteroatoms. The fraction of sp³-hybridized carbons (Fsp3) is 0.278. The van der Waals surface area contributed by atoms with Gasteiger partial charge in [-0.1, -0.05) is 11.3 Å². The average Bonchev–Trinajstić information content (AvgIpc) is 3.26. The Morgan fingerprint density at radius 2 is 2.12 bits per heavy atom. The summed E-state index contributed by atoms with van der Waals surface area (Å²) < 4.78 is 13.9. The number of halogens is 1. The zero-order valence-electron chi connectivity index (χ0n) is 13.9. The van der Waals surface area contributed by atoms with Gasteiger partial charge in [0, 0.05) is 37.5 Å².